The highest BCUT2D eigenvalue weighted by molar-refractivity contribution is 6.42. The SMILES string of the molecule is CC(C)Oc1ccc(F)cc1NC(=O)N(CCCO)Cc1ccc(Cl)c(Cl)c1. The smallest absolute Gasteiger partial charge is 0.322 e. The fourth-order valence-electron chi connectivity index (χ4n) is 2.52. The van der Waals surface area contributed by atoms with Crippen molar-refractivity contribution >= 4 is 34.9 Å². The summed E-state index contributed by atoms with van der Waals surface area (Å²) in [5.74, 6) is -0.112. The number of carbonyl (C=O) groups is 1. The molecule has 0 atom stereocenters. The number of carbonyl (C=O) groups excluding carboxylic acids is 1. The summed E-state index contributed by atoms with van der Waals surface area (Å²) in [6, 6.07) is 8.61. The number of benzene rings is 2. The number of nitrogens with one attached hydrogen (secondary N) is 1. The lowest BCUT2D eigenvalue weighted by Crippen LogP contribution is -2.35. The number of nitrogens with zero attached hydrogens (tertiary/aromatic N) is 1. The summed E-state index contributed by atoms with van der Waals surface area (Å²) < 4.78 is 19.3. The van der Waals surface area contributed by atoms with Gasteiger partial charge in [0.2, 0.25) is 0 Å². The molecule has 0 spiro atoms. The minimum atomic E-state index is -0.488. The Bertz CT molecular complexity index is 818. The molecule has 0 heterocycles. The van der Waals surface area contributed by atoms with E-state index < -0.39 is 11.8 Å². The first-order valence-corrected chi connectivity index (χ1v) is 9.62. The van der Waals surface area contributed by atoms with Gasteiger partial charge in [-0.15, -0.1) is 0 Å². The van der Waals surface area contributed by atoms with Crippen LogP contribution in [0.25, 0.3) is 0 Å². The predicted octanol–water partition coefficient (Wildman–Crippen LogP) is 5.34. The van der Waals surface area contributed by atoms with Crippen LogP contribution >= 0.6 is 23.2 Å². The summed E-state index contributed by atoms with van der Waals surface area (Å²) in [6.45, 7) is 4.17. The van der Waals surface area contributed by atoms with Gasteiger partial charge in [0.25, 0.3) is 0 Å². The Kier molecular flexibility index (Phi) is 8.35. The number of aliphatic hydroxyl groups excluding tert-OH is 1. The fraction of sp³-hybridized carbons (Fsp3) is 0.350. The molecule has 0 aromatic heterocycles. The maximum atomic E-state index is 13.7. The zero-order valence-electron chi connectivity index (χ0n) is 15.7. The van der Waals surface area contributed by atoms with Crippen LogP contribution in [0.1, 0.15) is 25.8 Å². The third-order valence-electron chi connectivity index (χ3n) is 3.78. The van der Waals surface area contributed by atoms with Crippen molar-refractivity contribution in [2.75, 3.05) is 18.5 Å². The van der Waals surface area contributed by atoms with E-state index in [0.29, 0.717) is 28.8 Å². The second-order valence-electron chi connectivity index (χ2n) is 6.48. The number of hydrogen-bond donors (Lipinski definition) is 2. The molecule has 28 heavy (non-hydrogen) atoms. The molecule has 0 aliphatic rings. The van der Waals surface area contributed by atoms with Crippen LogP contribution in [0.2, 0.25) is 10.0 Å². The number of ether oxygens (including phenoxy) is 1. The van der Waals surface area contributed by atoms with Crippen molar-refractivity contribution in [3.63, 3.8) is 0 Å². The molecule has 2 rings (SSSR count). The van der Waals surface area contributed by atoms with Gasteiger partial charge >= 0.3 is 6.03 Å². The van der Waals surface area contributed by atoms with Crippen LogP contribution in [0.4, 0.5) is 14.9 Å². The van der Waals surface area contributed by atoms with Gasteiger partial charge in [0.15, 0.2) is 0 Å². The highest BCUT2D eigenvalue weighted by atomic mass is 35.5. The molecule has 0 aliphatic carbocycles. The third kappa shape index (κ3) is 6.55. The molecule has 2 amide bonds. The van der Waals surface area contributed by atoms with Crippen molar-refractivity contribution in [3.05, 3.63) is 57.8 Å². The van der Waals surface area contributed by atoms with Crippen LogP contribution in [-0.4, -0.2) is 35.3 Å². The van der Waals surface area contributed by atoms with E-state index in [1.807, 2.05) is 13.8 Å². The highest BCUT2D eigenvalue weighted by Gasteiger charge is 2.17. The molecule has 0 bridgehead atoms. The van der Waals surface area contributed by atoms with Gasteiger partial charge in [-0.05, 0) is 50.1 Å². The first kappa shape index (κ1) is 22.3. The monoisotopic (exact) mass is 428 g/mol. The van der Waals surface area contributed by atoms with E-state index in [2.05, 4.69) is 5.32 Å². The van der Waals surface area contributed by atoms with E-state index >= 15 is 0 Å². The zero-order chi connectivity index (χ0) is 20.7. The lowest BCUT2D eigenvalue weighted by atomic mass is 10.2. The topological polar surface area (TPSA) is 61.8 Å². The number of halogens is 3. The number of aliphatic hydroxyl groups is 1. The van der Waals surface area contributed by atoms with Gasteiger partial charge in [0.05, 0.1) is 21.8 Å². The molecule has 152 valence electrons. The number of amides is 2. The highest BCUT2D eigenvalue weighted by Crippen LogP contribution is 2.27. The van der Waals surface area contributed by atoms with Gasteiger partial charge in [0, 0.05) is 25.8 Å². The molecule has 2 N–H and O–H groups in total. The lowest BCUT2D eigenvalue weighted by molar-refractivity contribution is 0.198. The molecule has 0 saturated heterocycles. The Morgan fingerprint density at radius 2 is 1.96 bits per heavy atom. The van der Waals surface area contributed by atoms with Crippen LogP contribution in [0.3, 0.4) is 0 Å². The van der Waals surface area contributed by atoms with Gasteiger partial charge in [-0.3, -0.25) is 0 Å². The minimum Gasteiger partial charge on any atom is -0.489 e. The maximum Gasteiger partial charge on any atom is 0.322 e. The molecular weight excluding hydrogens is 406 g/mol. The first-order valence-electron chi connectivity index (χ1n) is 8.87. The average Bonchev–Trinajstić information content (AvgIpc) is 2.63. The van der Waals surface area contributed by atoms with Gasteiger partial charge in [-0.1, -0.05) is 29.3 Å². The molecule has 2 aromatic rings. The Hall–Kier alpha value is -2.02. The van der Waals surface area contributed by atoms with Crippen molar-refractivity contribution in [1.29, 1.82) is 0 Å². The van der Waals surface area contributed by atoms with E-state index in [9.17, 15) is 9.18 Å². The summed E-state index contributed by atoms with van der Waals surface area (Å²) in [7, 11) is 0. The van der Waals surface area contributed by atoms with Gasteiger partial charge in [-0.2, -0.15) is 0 Å². The quantitative estimate of drug-likeness (QED) is 0.596. The zero-order valence-corrected chi connectivity index (χ0v) is 17.2. The summed E-state index contributed by atoms with van der Waals surface area (Å²) >= 11 is 12.0. The van der Waals surface area contributed by atoms with Crippen molar-refractivity contribution in [2.24, 2.45) is 0 Å². The second-order valence-corrected chi connectivity index (χ2v) is 7.30. The lowest BCUT2D eigenvalue weighted by Gasteiger charge is -2.24. The van der Waals surface area contributed by atoms with Crippen LogP contribution in [0, 0.1) is 5.82 Å². The van der Waals surface area contributed by atoms with E-state index in [-0.39, 0.29) is 24.9 Å². The largest absolute Gasteiger partial charge is 0.489 e. The summed E-state index contributed by atoms with van der Waals surface area (Å²) in [5, 5.41) is 12.7. The van der Waals surface area contributed by atoms with Crippen LogP contribution in [0.5, 0.6) is 5.75 Å². The second kappa shape index (κ2) is 10.5. The average molecular weight is 429 g/mol. The van der Waals surface area contributed by atoms with Crippen molar-refractivity contribution in [2.45, 2.75) is 32.9 Å². The summed E-state index contributed by atoms with van der Waals surface area (Å²) in [4.78, 5) is 14.3. The molecule has 0 radical (unpaired) electrons. The number of urea groups is 1. The van der Waals surface area contributed by atoms with Crippen molar-refractivity contribution in [1.82, 2.24) is 4.90 Å². The standard InChI is InChI=1S/C20H23Cl2FN2O3/c1-13(2)28-19-7-5-15(23)11-18(19)24-20(27)25(8-3-9-26)12-14-4-6-16(21)17(22)10-14/h4-7,10-11,13,26H,3,8-9,12H2,1-2H3,(H,24,27). The van der Waals surface area contributed by atoms with Gasteiger partial charge < -0.3 is 20.1 Å². The molecule has 8 heteroatoms. The molecule has 5 nitrogen and oxygen atoms in total. The van der Waals surface area contributed by atoms with Crippen LogP contribution < -0.4 is 10.1 Å². The Balaban J connectivity index is 2.20. The van der Waals surface area contributed by atoms with E-state index in [0.717, 1.165) is 5.56 Å². The maximum absolute atomic E-state index is 13.7. The molecule has 0 saturated carbocycles. The third-order valence-corrected chi connectivity index (χ3v) is 4.52. The molecule has 0 unspecified atom stereocenters. The number of anilines is 1. The van der Waals surface area contributed by atoms with Crippen molar-refractivity contribution < 1.29 is 19.0 Å². The van der Waals surface area contributed by atoms with E-state index in [1.54, 1.807) is 18.2 Å². The first-order chi connectivity index (χ1) is 13.3. The van der Waals surface area contributed by atoms with Crippen LogP contribution in [0.15, 0.2) is 36.4 Å². The molecule has 0 aliphatic heterocycles. The Morgan fingerprint density at radius 3 is 2.61 bits per heavy atom. The normalized spacial score (nSPS) is 10.8. The fourth-order valence-corrected chi connectivity index (χ4v) is 2.84. The van der Waals surface area contributed by atoms with E-state index in [4.69, 9.17) is 33.0 Å². The molecular formula is C20H23Cl2FN2O3. The molecule has 2 aromatic carbocycles. The summed E-state index contributed by atoms with van der Waals surface area (Å²) in [5.41, 5.74) is 1.02. The molecule has 0 fully saturated rings. The summed E-state index contributed by atoms with van der Waals surface area (Å²) in [6.07, 6.45) is 0.260. The Labute approximate surface area is 174 Å². The minimum absolute atomic E-state index is 0.0627. The van der Waals surface area contributed by atoms with Gasteiger partial charge in [0.1, 0.15) is 11.6 Å². The van der Waals surface area contributed by atoms with E-state index in [1.165, 1.54) is 23.1 Å². The van der Waals surface area contributed by atoms with Crippen LogP contribution in [-0.2, 0) is 6.54 Å². The van der Waals surface area contributed by atoms with Crippen molar-refractivity contribution in [3.8, 4) is 5.75 Å². The number of hydrogen-bond acceptors (Lipinski definition) is 3. The number of rotatable bonds is 8. The van der Waals surface area contributed by atoms with Gasteiger partial charge in [-0.25, -0.2) is 9.18 Å². The Morgan fingerprint density at radius 1 is 1.21 bits per heavy atom. The predicted molar refractivity (Wildman–Crippen MR) is 110 cm³/mol.